The third-order valence-corrected chi connectivity index (χ3v) is 4.07. The molecule has 8 nitrogen and oxygen atoms in total. The quantitative estimate of drug-likeness (QED) is 0.295. The van der Waals surface area contributed by atoms with Crippen LogP contribution in [0.1, 0.15) is 31.7 Å². The van der Waals surface area contributed by atoms with E-state index in [9.17, 15) is 0 Å². The molecule has 0 aliphatic rings. The lowest BCUT2D eigenvalue weighted by atomic mass is 10.2. The number of guanidine groups is 1. The van der Waals surface area contributed by atoms with Crippen LogP contribution in [0.4, 0.5) is 0 Å². The lowest BCUT2D eigenvalue weighted by molar-refractivity contribution is 0.354. The number of ether oxygens (including phenoxy) is 2. The molecule has 1 heterocycles. The van der Waals surface area contributed by atoms with Crippen LogP contribution in [0.2, 0.25) is 0 Å². The molecule has 156 valence electrons. The molecule has 2 N–H and O–H groups in total. The van der Waals surface area contributed by atoms with Crippen LogP contribution in [0.25, 0.3) is 0 Å². The predicted molar refractivity (Wildman–Crippen MR) is 122 cm³/mol. The zero-order chi connectivity index (χ0) is 19.5. The summed E-state index contributed by atoms with van der Waals surface area (Å²) in [6.45, 7) is 7.15. The molecule has 0 saturated carbocycles. The smallest absolute Gasteiger partial charge is 0.191 e. The van der Waals surface area contributed by atoms with Gasteiger partial charge >= 0.3 is 0 Å². The van der Waals surface area contributed by atoms with Gasteiger partial charge in [0.2, 0.25) is 0 Å². The zero-order valence-corrected chi connectivity index (χ0v) is 19.4. The fourth-order valence-corrected chi connectivity index (χ4v) is 2.60. The van der Waals surface area contributed by atoms with Gasteiger partial charge in [-0.15, -0.1) is 34.2 Å². The Labute approximate surface area is 184 Å². The van der Waals surface area contributed by atoms with Crippen molar-refractivity contribution < 1.29 is 9.47 Å². The molecule has 0 unspecified atom stereocenters. The SMILES string of the molecule is CCCNC(=NCc1ccc(OC)c(OC)c1)NCCn1cnnc1CC.I. The summed E-state index contributed by atoms with van der Waals surface area (Å²) in [4.78, 5) is 4.68. The van der Waals surface area contributed by atoms with Crippen LogP contribution < -0.4 is 20.1 Å². The van der Waals surface area contributed by atoms with E-state index in [1.54, 1.807) is 20.5 Å². The van der Waals surface area contributed by atoms with Gasteiger partial charge in [-0.1, -0.05) is 19.9 Å². The van der Waals surface area contributed by atoms with Crippen molar-refractivity contribution in [3.05, 3.63) is 35.9 Å². The van der Waals surface area contributed by atoms with Crippen LogP contribution in [0.3, 0.4) is 0 Å². The lowest BCUT2D eigenvalue weighted by Gasteiger charge is -2.13. The maximum absolute atomic E-state index is 5.36. The molecular formula is C19H31IN6O2. The number of aromatic nitrogens is 3. The third-order valence-electron chi connectivity index (χ3n) is 4.07. The van der Waals surface area contributed by atoms with Crippen molar-refractivity contribution in [2.75, 3.05) is 27.3 Å². The highest BCUT2D eigenvalue weighted by atomic mass is 127. The highest BCUT2D eigenvalue weighted by Gasteiger charge is 2.05. The first-order valence-electron chi connectivity index (χ1n) is 9.31. The Morgan fingerprint density at radius 1 is 1.11 bits per heavy atom. The number of hydrogen-bond acceptors (Lipinski definition) is 5. The first-order valence-corrected chi connectivity index (χ1v) is 9.31. The van der Waals surface area contributed by atoms with Crippen LogP contribution in [-0.2, 0) is 19.5 Å². The number of halogens is 1. The van der Waals surface area contributed by atoms with Crippen LogP contribution in [-0.4, -0.2) is 48.0 Å². The number of methoxy groups -OCH3 is 2. The molecule has 0 aliphatic heterocycles. The molecule has 1 aromatic carbocycles. The molecule has 0 saturated heterocycles. The van der Waals surface area contributed by atoms with E-state index >= 15 is 0 Å². The van der Waals surface area contributed by atoms with E-state index in [2.05, 4.69) is 44.2 Å². The van der Waals surface area contributed by atoms with Gasteiger partial charge < -0.3 is 24.7 Å². The Morgan fingerprint density at radius 2 is 1.86 bits per heavy atom. The molecule has 0 spiro atoms. The van der Waals surface area contributed by atoms with Gasteiger partial charge in [0.25, 0.3) is 0 Å². The zero-order valence-electron chi connectivity index (χ0n) is 17.1. The third kappa shape index (κ3) is 7.17. The average Bonchev–Trinajstić information content (AvgIpc) is 3.16. The normalized spacial score (nSPS) is 10.9. The Balaban J connectivity index is 0.00000392. The number of aliphatic imine (C=N–C) groups is 1. The number of aryl methyl sites for hydroxylation is 1. The second-order valence-corrected chi connectivity index (χ2v) is 6.00. The van der Waals surface area contributed by atoms with Crippen LogP contribution >= 0.6 is 24.0 Å². The van der Waals surface area contributed by atoms with Crippen molar-refractivity contribution in [1.29, 1.82) is 0 Å². The van der Waals surface area contributed by atoms with Gasteiger partial charge in [-0.2, -0.15) is 0 Å². The van der Waals surface area contributed by atoms with Crippen molar-refractivity contribution in [3.63, 3.8) is 0 Å². The van der Waals surface area contributed by atoms with E-state index in [-0.39, 0.29) is 24.0 Å². The molecule has 0 radical (unpaired) electrons. The minimum atomic E-state index is 0. The van der Waals surface area contributed by atoms with E-state index in [1.165, 1.54) is 0 Å². The van der Waals surface area contributed by atoms with E-state index in [4.69, 9.17) is 9.47 Å². The maximum atomic E-state index is 5.36. The fourth-order valence-electron chi connectivity index (χ4n) is 2.60. The molecule has 0 aliphatic carbocycles. The molecule has 0 bridgehead atoms. The Bertz CT molecular complexity index is 735. The molecule has 28 heavy (non-hydrogen) atoms. The average molecular weight is 502 g/mol. The van der Waals surface area contributed by atoms with Gasteiger partial charge in [0.15, 0.2) is 17.5 Å². The molecule has 2 rings (SSSR count). The lowest BCUT2D eigenvalue weighted by Crippen LogP contribution is -2.39. The van der Waals surface area contributed by atoms with Gasteiger partial charge in [-0.3, -0.25) is 0 Å². The predicted octanol–water partition coefficient (Wildman–Crippen LogP) is 2.62. The Morgan fingerprint density at radius 3 is 2.54 bits per heavy atom. The van der Waals surface area contributed by atoms with E-state index in [0.717, 1.165) is 49.8 Å². The molecule has 1 aromatic heterocycles. The van der Waals surface area contributed by atoms with Gasteiger partial charge in [0, 0.05) is 26.1 Å². The van der Waals surface area contributed by atoms with Crippen molar-refractivity contribution in [3.8, 4) is 11.5 Å². The number of benzene rings is 1. The van der Waals surface area contributed by atoms with Crippen molar-refractivity contribution in [1.82, 2.24) is 25.4 Å². The highest BCUT2D eigenvalue weighted by molar-refractivity contribution is 14.0. The number of nitrogens with one attached hydrogen (secondary N) is 2. The second-order valence-electron chi connectivity index (χ2n) is 6.00. The Hall–Kier alpha value is -2.04. The molecule has 0 fully saturated rings. The maximum Gasteiger partial charge on any atom is 0.191 e. The summed E-state index contributed by atoms with van der Waals surface area (Å²) in [5, 5.41) is 14.8. The number of nitrogens with zero attached hydrogens (tertiary/aromatic N) is 4. The fraction of sp³-hybridized carbons (Fsp3) is 0.526. The summed E-state index contributed by atoms with van der Waals surface area (Å²) < 4.78 is 12.7. The van der Waals surface area contributed by atoms with E-state index < -0.39 is 0 Å². The summed E-state index contributed by atoms with van der Waals surface area (Å²) in [6, 6.07) is 5.84. The minimum absolute atomic E-state index is 0. The molecular weight excluding hydrogens is 471 g/mol. The van der Waals surface area contributed by atoms with Crippen LogP contribution in [0.5, 0.6) is 11.5 Å². The summed E-state index contributed by atoms with van der Waals surface area (Å²) in [5.74, 6) is 3.20. The highest BCUT2D eigenvalue weighted by Crippen LogP contribution is 2.27. The summed E-state index contributed by atoms with van der Waals surface area (Å²) >= 11 is 0. The van der Waals surface area contributed by atoms with E-state index in [0.29, 0.717) is 18.0 Å². The van der Waals surface area contributed by atoms with Gasteiger partial charge in [0.1, 0.15) is 12.2 Å². The monoisotopic (exact) mass is 502 g/mol. The summed E-state index contributed by atoms with van der Waals surface area (Å²) in [5.41, 5.74) is 1.05. The van der Waals surface area contributed by atoms with Gasteiger partial charge in [0.05, 0.1) is 20.8 Å². The van der Waals surface area contributed by atoms with Gasteiger partial charge in [-0.05, 0) is 24.1 Å². The molecule has 2 aromatic rings. The van der Waals surface area contributed by atoms with Crippen molar-refractivity contribution >= 4 is 29.9 Å². The first kappa shape index (κ1) is 24.0. The summed E-state index contributed by atoms with van der Waals surface area (Å²) in [6.07, 6.45) is 3.66. The van der Waals surface area contributed by atoms with Crippen LogP contribution in [0.15, 0.2) is 29.5 Å². The largest absolute Gasteiger partial charge is 0.493 e. The van der Waals surface area contributed by atoms with Crippen LogP contribution in [0, 0.1) is 0 Å². The second kappa shape index (κ2) is 13.2. The van der Waals surface area contributed by atoms with E-state index in [1.807, 2.05) is 18.2 Å². The van der Waals surface area contributed by atoms with Gasteiger partial charge in [-0.25, -0.2) is 4.99 Å². The number of rotatable bonds is 10. The topological polar surface area (TPSA) is 85.6 Å². The summed E-state index contributed by atoms with van der Waals surface area (Å²) in [7, 11) is 3.27. The standard InChI is InChI=1S/C19H30N6O2.HI/c1-5-9-20-19(21-10-11-25-14-23-24-18(25)6-2)22-13-15-7-8-16(26-3)17(12-15)27-4;/h7-8,12,14H,5-6,9-11,13H2,1-4H3,(H2,20,21,22);1H. The molecule has 0 atom stereocenters. The molecule has 9 heteroatoms. The minimum Gasteiger partial charge on any atom is -0.493 e. The first-order chi connectivity index (χ1) is 13.2. The van der Waals surface area contributed by atoms with Crippen molar-refractivity contribution in [2.24, 2.45) is 4.99 Å². The molecule has 0 amide bonds. The Kier molecular flexibility index (Phi) is 11.3. The van der Waals surface area contributed by atoms with Crippen molar-refractivity contribution in [2.45, 2.75) is 39.8 Å². The number of hydrogen-bond donors (Lipinski definition) is 2.